The monoisotopic (exact) mass is 422 g/mol. The molecule has 154 valence electrons. The summed E-state index contributed by atoms with van der Waals surface area (Å²) in [7, 11) is 0. The van der Waals surface area contributed by atoms with E-state index in [1.807, 2.05) is 24.3 Å². The second kappa shape index (κ2) is 9.35. The summed E-state index contributed by atoms with van der Waals surface area (Å²) in [6.07, 6.45) is -4.28. The number of amides is 2. The van der Waals surface area contributed by atoms with Gasteiger partial charge in [-0.05, 0) is 30.2 Å². The van der Waals surface area contributed by atoms with E-state index < -0.39 is 11.7 Å². The van der Waals surface area contributed by atoms with Crippen molar-refractivity contribution in [1.82, 2.24) is 5.32 Å². The summed E-state index contributed by atoms with van der Waals surface area (Å²) in [6.45, 7) is 0.680. The van der Waals surface area contributed by atoms with Gasteiger partial charge in [-0.1, -0.05) is 30.3 Å². The fraction of sp³-hybridized carbons (Fsp3) is 0.333. The van der Waals surface area contributed by atoms with E-state index in [2.05, 4.69) is 5.32 Å². The summed E-state index contributed by atoms with van der Waals surface area (Å²) in [5.74, 6) is 0.325. The van der Waals surface area contributed by atoms with E-state index in [4.69, 9.17) is 0 Å². The zero-order chi connectivity index (χ0) is 20.9. The Bertz CT molecular complexity index is 886. The number of carbonyl (C=O) groups is 2. The second-order valence-corrected chi connectivity index (χ2v) is 7.75. The Morgan fingerprint density at radius 3 is 2.55 bits per heavy atom. The predicted molar refractivity (Wildman–Crippen MR) is 107 cm³/mol. The van der Waals surface area contributed by atoms with Crippen LogP contribution < -0.4 is 10.2 Å². The molecule has 0 radical (unpaired) electrons. The van der Waals surface area contributed by atoms with Gasteiger partial charge in [-0.3, -0.25) is 9.59 Å². The van der Waals surface area contributed by atoms with Crippen molar-refractivity contribution in [2.75, 3.05) is 23.7 Å². The van der Waals surface area contributed by atoms with Gasteiger partial charge in [0.05, 0.1) is 11.3 Å². The third-order valence-electron chi connectivity index (χ3n) is 4.63. The lowest BCUT2D eigenvalue weighted by Crippen LogP contribution is -2.36. The van der Waals surface area contributed by atoms with Crippen molar-refractivity contribution in [2.24, 2.45) is 0 Å². The molecule has 0 saturated heterocycles. The lowest BCUT2D eigenvalue weighted by molar-refractivity contribution is -0.138. The number of nitrogens with one attached hydrogen (secondary N) is 1. The molecule has 3 rings (SSSR count). The number of carbonyl (C=O) groups excluding carboxylic acids is 2. The van der Waals surface area contributed by atoms with E-state index in [0.29, 0.717) is 6.54 Å². The van der Waals surface area contributed by atoms with Crippen LogP contribution in [0.5, 0.6) is 0 Å². The third-order valence-corrected chi connectivity index (χ3v) is 5.68. The Morgan fingerprint density at radius 1 is 1.03 bits per heavy atom. The fourth-order valence-electron chi connectivity index (χ4n) is 3.22. The smallest absolute Gasteiger partial charge is 0.356 e. The molecule has 2 amide bonds. The van der Waals surface area contributed by atoms with E-state index in [-0.39, 0.29) is 43.2 Å². The van der Waals surface area contributed by atoms with Crippen molar-refractivity contribution in [3.8, 4) is 0 Å². The minimum Gasteiger partial charge on any atom is -0.356 e. The van der Waals surface area contributed by atoms with Crippen LogP contribution in [-0.4, -0.2) is 30.7 Å². The van der Waals surface area contributed by atoms with Crippen molar-refractivity contribution < 1.29 is 22.8 Å². The molecule has 1 heterocycles. The van der Waals surface area contributed by atoms with Crippen LogP contribution in [0, 0.1) is 0 Å². The SMILES string of the molecule is O=C(CCC(=O)N1CCSc2ccccc21)NCCc1ccccc1C(F)(F)F. The Kier molecular flexibility index (Phi) is 6.84. The van der Waals surface area contributed by atoms with Crippen LogP contribution in [0.2, 0.25) is 0 Å². The topological polar surface area (TPSA) is 49.4 Å². The molecule has 0 saturated carbocycles. The number of thioether (sulfide) groups is 1. The molecule has 1 aliphatic heterocycles. The van der Waals surface area contributed by atoms with Gasteiger partial charge in [-0.15, -0.1) is 11.8 Å². The fourth-order valence-corrected chi connectivity index (χ4v) is 4.22. The van der Waals surface area contributed by atoms with Gasteiger partial charge in [0.1, 0.15) is 0 Å². The molecule has 0 unspecified atom stereocenters. The Labute approximate surface area is 171 Å². The molecule has 0 aromatic heterocycles. The second-order valence-electron chi connectivity index (χ2n) is 6.62. The van der Waals surface area contributed by atoms with Gasteiger partial charge in [0.15, 0.2) is 0 Å². The summed E-state index contributed by atoms with van der Waals surface area (Å²) in [6, 6.07) is 13.0. The lowest BCUT2D eigenvalue weighted by Gasteiger charge is -2.29. The van der Waals surface area contributed by atoms with E-state index in [1.54, 1.807) is 22.7 Å². The van der Waals surface area contributed by atoms with Crippen LogP contribution in [0.3, 0.4) is 0 Å². The minimum absolute atomic E-state index is 0.00552. The first-order chi connectivity index (χ1) is 13.9. The van der Waals surface area contributed by atoms with Crippen LogP contribution in [0.1, 0.15) is 24.0 Å². The molecule has 4 nitrogen and oxygen atoms in total. The number of nitrogens with zero attached hydrogens (tertiary/aromatic N) is 1. The molecule has 8 heteroatoms. The number of fused-ring (bicyclic) bond motifs is 1. The number of rotatable bonds is 6. The van der Waals surface area contributed by atoms with Crippen LogP contribution in [0.4, 0.5) is 18.9 Å². The Balaban J connectivity index is 1.47. The van der Waals surface area contributed by atoms with E-state index in [1.165, 1.54) is 12.1 Å². The van der Waals surface area contributed by atoms with Crippen molar-refractivity contribution in [1.29, 1.82) is 0 Å². The zero-order valence-electron chi connectivity index (χ0n) is 15.7. The number of hydrogen-bond donors (Lipinski definition) is 1. The maximum atomic E-state index is 13.0. The number of hydrogen-bond acceptors (Lipinski definition) is 3. The number of halogens is 3. The molecule has 0 bridgehead atoms. The van der Waals surface area contributed by atoms with Crippen LogP contribution >= 0.6 is 11.8 Å². The van der Waals surface area contributed by atoms with Crippen LogP contribution in [0.15, 0.2) is 53.4 Å². The summed E-state index contributed by atoms with van der Waals surface area (Å²) < 4.78 is 39.0. The average molecular weight is 422 g/mol. The minimum atomic E-state index is -4.42. The maximum Gasteiger partial charge on any atom is 0.416 e. The largest absolute Gasteiger partial charge is 0.416 e. The van der Waals surface area contributed by atoms with Crippen molar-refractivity contribution in [3.05, 3.63) is 59.7 Å². The molecule has 1 N–H and O–H groups in total. The van der Waals surface area contributed by atoms with Crippen molar-refractivity contribution in [2.45, 2.75) is 30.3 Å². The molecule has 0 aliphatic carbocycles. The molecular formula is C21H21F3N2O2S. The highest BCUT2D eigenvalue weighted by atomic mass is 32.2. The Hall–Kier alpha value is -2.48. The molecule has 0 atom stereocenters. The number of benzene rings is 2. The zero-order valence-corrected chi connectivity index (χ0v) is 16.5. The van der Waals surface area contributed by atoms with Gasteiger partial charge in [0.2, 0.25) is 11.8 Å². The van der Waals surface area contributed by atoms with Crippen LogP contribution in [0.25, 0.3) is 0 Å². The predicted octanol–water partition coefficient (Wildman–Crippen LogP) is 4.28. The maximum absolute atomic E-state index is 13.0. The van der Waals surface area contributed by atoms with Gasteiger partial charge < -0.3 is 10.2 Å². The van der Waals surface area contributed by atoms with E-state index >= 15 is 0 Å². The highest BCUT2D eigenvalue weighted by molar-refractivity contribution is 7.99. The van der Waals surface area contributed by atoms with Gasteiger partial charge in [-0.2, -0.15) is 13.2 Å². The van der Waals surface area contributed by atoms with Gasteiger partial charge >= 0.3 is 6.18 Å². The molecule has 1 aliphatic rings. The number of para-hydroxylation sites is 1. The van der Waals surface area contributed by atoms with Gasteiger partial charge in [-0.25, -0.2) is 0 Å². The average Bonchev–Trinajstić information content (AvgIpc) is 2.71. The van der Waals surface area contributed by atoms with Crippen LogP contribution in [-0.2, 0) is 22.2 Å². The highest BCUT2D eigenvalue weighted by Gasteiger charge is 2.32. The Morgan fingerprint density at radius 2 is 1.76 bits per heavy atom. The summed E-state index contributed by atoms with van der Waals surface area (Å²) >= 11 is 1.69. The van der Waals surface area contributed by atoms with E-state index in [9.17, 15) is 22.8 Å². The normalized spacial score (nSPS) is 13.7. The first-order valence-electron chi connectivity index (χ1n) is 9.30. The lowest BCUT2D eigenvalue weighted by atomic mass is 10.0. The molecule has 29 heavy (non-hydrogen) atoms. The molecule has 0 fully saturated rings. The number of anilines is 1. The highest BCUT2D eigenvalue weighted by Crippen LogP contribution is 2.34. The first kappa shape index (κ1) is 21.2. The summed E-state index contributed by atoms with van der Waals surface area (Å²) in [5, 5.41) is 2.61. The summed E-state index contributed by atoms with van der Waals surface area (Å²) in [5.41, 5.74) is 0.308. The van der Waals surface area contributed by atoms with Gasteiger partial charge in [0.25, 0.3) is 0 Å². The van der Waals surface area contributed by atoms with Crippen molar-refractivity contribution >= 4 is 29.3 Å². The standard InChI is InChI=1S/C21H21F3N2O2S/c22-21(23,24)16-6-2-1-5-15(16)11-12-25-19(27)9-10-20(28)26-13-14-29-18-8-4-3-7-17(18)26/h1-8H,9-14H2,(H,25,27). The molecule has 2 aromatic rings. The molecular weight excluding hydrogens is 401 g/mol. The van der Waals surface area contributed by atoms with E-state index in [0.717, 1.165) is 22.4 Å². The van der Waals surface area contributed by atoms with Crippen molar-refractivity contribution in [3.63, 3.8) is 0 Å². The third kappa shape index (κ3) is 5.53. The quantitative estimate of drug-likeness (QED) is 0.756. The molecule has 0 spiro atoms. The molecule has 2 aromatic carbocycles. The van der Waals surface area contributed by atoms with Gasteiger partial charge in [0, 0.05) is 36.6 Å². The number of alkyl halides is 3. The first-order valence-corrected chi connectivity index (χ1v) is 10.3. The summed E-state index contributed by atoms with van der Waals surface area (Å²) in [4.78, 5) is 27.3.